The van der Waals surface area contributed by atoms with E-state index in [0.717, 1.165) is 41.8 Å². The third-order valence-electron chi connectivity index (χ3n) is 6.33. The number of carbonyl (C=O) groups is 1. The maximum atomic E-state index is 12.7. The molecule has 1 amide bonds. The number of halogens is 1. The number of nitrogens with zero attached hydrogens (tertiary/aromatic N) is 2. The predicted octanol–water partition coefficient (Wildman–Crippen LogP) is 7.35. The highest BCUT2D eigenvalue weighted by Crippen LogP contribution is 2.45. The molecule has 1 atom stereocenters. The summed E-state index contributed by atoms with van der Waals surface area (Å²) in [5, 5.41) is 4.15. The van der Waals surface area contributed by atoms with Gasteiger partial charge in [0.25, 0.3) is 5.91 Å². The average molecular weight is 482 g/mol. The van der Waals surface area contributed by atoms with Crippen LogP contribution in [-0.2, 0) is 4.79 Å². The molecule has 2 aliphatic heterocycles. The molecule has 1 unspecified atom stereocenters. The number of thioether (sulfide) groups is 1. The van der Waals surface area contributed by atoms with Crippen LogP contribution in [-0.4, -0.2) is 23.2 Å². The normalized spacial score (nSPS) is 22.1. The van der Waals surface area contributed by atoms with E-state index in [1.165, 1.54) is 23.0 Å². The monoisotopic (exact) mass is 481 g/mol. The van der Waals surface area contributed by atoms with Crippen LogP contribution in [0.15, 0.2) is 40.2 Å². The van der Waals surface area contributed by atoms with E-state index in [1.807, 2.05) is 32.1 Å². The van der Waals surface area contributed by atoms with Crippen molar-refractivity contribution >= 4 is 51.9 Å². The number of amides is 1. The summed E-state index contributed by atoms with van der Waals surface area (Å²) in [6.45, 7) is 14.2. The van der Waals surface area contributed by atoms with Crippen LogP contribution in [0.5, 0.6) is 0 Å². The SMILES string of the molecule is CCCN1c2cc(Cl)c(/C=C3/SC(=Nc4cc(C)cc(C)c4)NC3=O)cc2C(C)CC1(C)C. The van der Waals surface area contributed by atoms with Crippen molar-refractivity contribution in [2.75, 3.05) is 11.4 Å². The summed E-state index contributed by atoms with van der Waals surface area (Å²) in [5.41, 5.74) is 6.62. The molecule has 2 aromatic carbocycles. The highest BCUT2D eigenvalue weighted by molar-refractivity contribution is 8.18. The molecule has 1 fully saturated rings. The van der Waals surface area contributed by atoms with Gasteiger partial charge < -0.3 is 10.2 Å². The summed E-state index contributed by atoms with van der Waals surface area (Å²) >= 11 is 8.11. The summed E-state index contributed by atoms with van der Waals surface area (Å²) in [4.78, 5) is 20.4. The second-order valence-corrected chi connectivity index (χ2v) is 11.3. The van der Waals surface area contributed by atoms with Crippen molar-refractivity contribution < 1.29 is 4.79 Å². The van der Waals surface area contributed by atoms with Gasteiger partial charge in [-0.3, -0.25) is 4.79 Å². The van der Waals surface area contributed by atoms with Crippen LogP contribution in [0.1, 0.15) is 68.7 Å². The Bertz CT molecular complexity index is 1150. The van der Waals surface area contributed by atoms with Gasteiger partial charge in [0, 0.05) is 22.8 Å². The van der Waals surface area contributed by atoms with Gasteiger partial charge in [0.2, 0.25) is 0 Å². The van der Waals surface area contributed by atoms with E-state index in [4.69, 9.17) is 11.6 Å². The van der Waals surface area contributed by atoms with Crippen molar-refractivity contribution in [1.82, 2.24) is 5.32 Å². The molecule has 4 nitrogen and oxygen atoms in total. The van der Waals surface area contributed by atoms with E-state index in [9.17, 15) is 4.79 Å². The molecule has 2 heterocycles. The second kappa shape index (κ2) is 9.19. The van der Waals surface area contributed by atoms with Crippen LogP contribution in [0.4, 0.5) is 11.4 Å². The zero-order valence-corrected chi connectivity index (χ0v) is 21.8. The van der Waals surface area contributed by atoms with Crippen molar-refractivity contribution in [2.45, 2.75) is 65.8 Å². The number of aliphatic imine (C=N–C) groups is 1. The fraction of sp³-hybridized carbons (Fsp3) is 0.407. The molecule has 1 N–H and O–H groups in total. The van der Waals surface area contributed by atoms with Crippen LogP contribution in [0.25, 0.3) is 6.08 Å². The minimum Gasteiger partial charge on any atom is -0.366 e. The first-order valence-electron chi connectivity index (χ1n) is 11.6. The number of nitrogens with one attached hydrogen (secondary N) is 1. The second-order valence-electron chi connectivity index (χ2n) is 9.83. The number of hydrogen-bond acceptors (Lipinski definition) is 4. The Balaban J connectivity index is 1.66. The van der Waals surface area contributed by atoms with Gasteiger partial charge >= 0.3 is 0 Å². The van der Waals surface area contributed by atoms with Crippen molar-refractivity contribution in [3.63, 3.8) is 0 Å². The first kappa shape index (κ1) is 23.9. The predicted molar refractivity (Wildman–Crippen MR) is 143 cm³/mol. The third-order valence-corrected chi connectivity index (χ3v) is 7.56. The molecule has 0 radical (unpaired) electrons. The molecule has 2 aliphatic rings. The largest absolute Gasteiger partial charge is 0.366 e. The lowest BCUT2D eigenvalue weighted by atomic mass is 9.79. The number of amidine groups is 1. The Morgan fingerprint density at radius 2 is 1.91 bits per heavy atom. The van der Waals surface area contributed by atoms with Gasteiger partial charge in [-0.2, -0.15) is 0 Å². The van der Waals surface area contributed by atoms with Crippen molar-refractivity contribution in [3.8, 4) is 0 Å². The smallest absolute Gasteiger partial charge is 0.264 e. The minimum atomic E-state index is -0.140. The van der Waals surface area contributed by atoms with Gasteiger partial charge in [-0.25, -0.2) is 4.99 Å². The lowest BCUT2D eigenvalue weighted by molar-refractivity contribution is -0.115. The van der Waals surface area contributed by atoms with Gasteiger partial charge in [0.1, 0.15) is 0 Å². The summed E-state index contributed by atoms with van der Waals surface area (Å²) < 4.78 is 0. The van der Waals surface area contributed by atoms with Crippen LogP contribution in [0, 0.1) is 13.8 Å². The van der Waals surface area contributed by atoms with Gasteiger partial charge in [0.15, 0.2) is 5.17 Å². The number of rotatable bonds is 4. The van der Waals surface area contributed by atoms with E-state index < -0.39 is 0 Å². The molecule has 2 aromatic rings. The van der Waals surface area contributed by atoms with Crippen LogP contribution in [0.2, 0.25) is 5.02 Å². The van der Waals surface area contributed by atoms with Crippen LogP contribution >= 0.6 is 23.4 Å². The number of fused-ring (bicyclic) bond motifs is 1. The number of hydrogen-bond donors (Lipinski definition) is 1. The Morgan fingerprint density at radius 1 is 1.21 bits per heavy atom. The van der Waals surface area contributed by atoms with E-state index in [1.54, 1.807) is 0 Å². The molecule has 0 saturated carbocycles. The Kier molecular flexibility index (Phi) is 6.66. The summed E-state index contributed by atoms with van der Waals surface area (Å²) in [7, 11) is 0. The van der Waals surface area contributed by atoms with Gasteiger partial charge in [-0.1, -0.05) is 31.5 Å². The number of aryl methyl sites for hydroxylation is 2. The summed E-state index contributed by atoms with van der Waals surface area (Å²) in [5.74, 6) is 0.281. The van der Waals surface area contributed by atoms with E-state index in [2.05, 4.69) is 61.1 Å². The standard InChI is InChI=1S/C27H32ClN3OS/c1-7-8-31-23-14-22(28)19(12-21(23)18(4)15-27(31,5)6)13-24-25(32)30-26(33-24)29-20-10-16(2)9-17(3)11-20/h9-14,18H,7-8,15H2,1-6H3,(H,29,30,32)/b24-13+. The molecule has 33 heavy (non-hydrogen) atoms. The molecule has 174 valence electrons. The number of benzene rings is 2. The first-order valence-corrected chi connectivity index (χ1v) is 12.8. The van der Waals surface area contributed by atoms with Crippen LogP contribution in [0.3, 0.4) is 0 Å². The third kappa shape index (κ3) is 4.99. The molecule has 0 bridgehead atoms. The van der Waals surface area contributed by atoms with Gasteiger partial charge in [-0.05, 0) is 111 Å². The molecule has 0 spiro atoms. The van der Waals surface area contributed by atoms with Gasteiger partial charge in [0.05, 0.1) is 10.6 Å². The zero-order valence-electron chi connectivity index (χ0n) is 20.3. The summed E-state index contributed by atoms with van der Waals surface area (Å²) in [6.07, 6.45) is 4.06. The fourth-order valence-electron chi connectivity index (χ4n) is 5.03. The molecular formula is C27H32ClN3OS. The minimum absolute atomic E-state index is 0.0897. The summed E-state index contributed by atoms with van der Waals surface area (Å²) in [6, 6.07) is 10.4. The zero-order chi connectivity index (χ0) is 23.9. The molecule has 1 saturated heterocycles. The fourth-order valence-corrected chi connectivity index (χ4v) is 6.08. The number of anilines is 1. The molecule has 0 aliphatic carbocycles. The Morgan fingerprint density at radius 3 is 2.58 bits per heavy atom. The average Bonchev–Trinajstić information content (AvgIpc) is 3.03. The van der Waals surface area contributed by atoms with Crippen molar-refractivity contribution in [1.29, 1.82) is 0 Å². The first-order chi connectivity index (χ1) is 15.6. The Hall–Kier alpha value is -2.24. The maximum absolute atomic E-state index is 12.7. The van der Waals surface area contributed by atoms with Crippen molar-refractivity contribution in [3.05, 3.63) is 62.5 Å². The molecular weight excluding hydrogens is 450 g/mol. The molecule has 6 heteroatoms. The highest BCUT2D eigenvalue weighted by atomic mass is 35.5. The highest BCUT2D eigenvalue weighted by Gasteiger charge is 2.36. The lowest BCUT2D eigenvalue weighted by Gasteiger charge is -2.47. The molecule has 4 rings (SSSR count). The quantitative estimate of drug-likeness (QED) is 0.464. The van der Waals surface area contributed by atoms with Gasteiger partial charge in [-0.15, -0.1) is 0 Å². The molecule has 0 aromatic heterocycles. The van der Waals surface area contributed by atoms with E-state index >= 15 is 0 Å². The number of carbonyl (C=O) groups excluding carboxylic acids is 1. The van der Waals surface area contributed by atoms with Crippen molar-refractivity contribution in [2.24, 2.45) is 4.99 Å². The van der Waals surface area contributed by atoms with E-state index in [-0.39, 0.29) is 11.4 Å². The lowest BCUT2D eigenvalue weighted by Crippen LogP contribution is -2.48. The van der Waals surface area contributed by atoms with Crippen LogP contribution < -0.4 is 10.2 Å². The van der Waals surface area contributed by atoms with E-state index in [0.29, 0.717) is 21.0 Å². The Labute approximate surface area is 206 Å². The topological polar surface area (TPSA) is 44.7 Å². The maximum Gasteiger partial charge on any atom is 0.264 e.